The third-order valence-corrected chi connectivity index (χ3v) is 5.14. The van der Waals surface area contributed by atoms with Gasteiger partial charge in [-0.3, -0.25) is 4.79 Å². The van der Waals surface area contributed by atoms with Gasteiger partial charge in [0, 0.05) is 32.8 Å². The molecule has 2 fully saturated rings. The van der Waals surface area contributed by atoms with Gasteiger partial charge in [-0.1, -0.05) is 12.2 Å². The van der Waals surface area contributed by atoms with E-state index < -0.39 is 5.41 Å². The van der Waals surface area contributed by atoms with Crippen molar-refractivity contribution >= 4 is 23.1 Å². The van der Waals surface area contributed by atoms with Gasteiger partial charge in [0.1, 0.15) is 5.41 Å². The van der Waals surface area contributed by atoms with E-state index >= 15 is 0 Å². The first kappa shape index (κ1) is 16.6. The first-order valence-corrected chi connectivity index (χ1v) is 8.18. The van der Waals surface area contributed by atoms with Gasteiger partial charge in [0.2, 0.25) is 5.91 Å². The Labute approximate surface area is 132 Å². The van der Waals surface area contributed by atoms with Gasteiger partial charge in [-0.2, -0.15) is 0 Å². The summed E-state index contributed by atoms with van der Waals surface area (Å²) in [5.74, 6) is 0.807. The number of nitrogens with two attached hydrogens (primary N) is 1. The second-order valence-corrected chi connectivity index (χ2v) is 7.00. The Morgan fingerprint density at radius 3 is 2.38 bits per heavy atom. The molecule has 0 bridgehead atoms. The maximum absolute atomic E-state index is 12.9. The first-order chi connectivity index (χ1) is 9.95. The van der Waals surface area contributed by atoms with Crippen LogP contribution in [-0.4, -0.2) is 67.6 Å². The SMILES string of the molecule is CN(C)CC1CCN(C(=O)C2(C(N)=S)CCOCC2)CC1. The van der Waals surface area contributed by atoms with Gasteiger partial charge >= 0.3 is 0 Å². The highest BCUT2D eigenvalue weighted by Gasteiger charge is 2.45. The summed E-state index contributed by atoms with van der Waals surface area (Å²) in [4.78, 5) is 17.5. The molecular formula is C15H27N3O2S. The smallest absolute Gasteiger partial charge is 0.235 e. The molecule has 0 aromatic rings. The number of ether oxygens (including phenoxy) is 1. The Kier molecular flexibility index (Phi) is 5.57. The molecule has 2 saturated heterocycles. The Hall–Kier alpha value is -0.720. The summed E-state index contributed by atoms with van der Waals surface area (Å²) >= 11 is 5.22. The van der Waals surface area contributed by atoms with E-state index in [1.165, 1.54) is 0 Å². The summed E-state index contributed by atoms with van der Waals surface area (Å²) in [6.45, 7) is 3.88. The van der Waals surface area contributed by atoms with Crippen LogP contribution in [0, 0.1) is 11.3 Å². The first-order valence-electron chi connectivity index (χ1n) is 7.77. The molecule has 2 aliphatic heterocycles. The molecule has 5 nitrogen and oxygen atoms in total. The topological polar surface area (TPSA) is 58.8 Å². The Morgan fingerprint density at radius 1 is 1.33 bits per heavy atom. The Balaban J connectivity index is 1.98. The fourth-order valence-electron chi connectivity index (χ4n) is 3.42. The van der Waals surface area contributed by atoms with Gasteiger partial charge < -0.3 is 20.3 Å². The molecule has 0 aromatic carbocycles. The number of carbonyl (C=O) groups excluding carboxylic acids is 1. The van der Waals surface area contributed by atoms with Crippen molar-refractivity contribution in [1.82, 2.24) is 9.80 Å². The van der Waals surface area contributed by atoms with E-state index in [9.17, 15) is 4.79 Å². The lowest BCUT2D eigenvalue weighted by Gasteiger charge is -2.41. The predicted octanol–water partition coefficient (Wildman–Crippen LogP) is 0.870. The number of hydrogen-bond donors (Lipinski definition) is 1. The van der Waals surface area contributed by atoms with Crippen molar-refractivity contribution in [3.05, 3.63) is 0 Å². The van der Waals surface area contributed by atoms with E-state index in [0.29, 0.717) is 37.0 Å². The summed E-state index contributed by atoms with van der Waals surface area (Å²) < 4.78 is 5.38. The quantitative estimate of drug-likeness (QED) is 0.781. The lowest BCUT2D eigenvalue weighted by Crippen LogP contribution is -2.55. The number of piperidine rings is 1. The van der Waals surface area contributed by atoms with Crippen molar-refractivity contribution in [3.8, 4) is 0 Å². The average molecular weight is 313 g/mol. The molecule has 21 heavy (non-hydrogen) atoms. The minimum Gasteiger partial charge on any atom is -0.392 e. The molecule has 1 amide bonds. The molecule has 0 saturated carbocycles. The zero-order valence-electron chi connectivity index (χ0n) is 13.1. The van der Waals surface area contributed by atoms with E-state index in [1.54, 1.807) is 0 Å². The maximum atomic E-state index is 12.9. The van der Waals surface area contributed by atoms with Crippen LogP contribution in [0.1, 0.15) is 25.7 Å². The third-order valence-electron chi connectivity index (χ3n) is 4.75. The lowest BCUT2D eigenvalue weighted by molar-refractivity contribution is -0.143. The van der Waals surface area contributed by atoms with Crippen LogP contribution in [0.25, 0.3) is 0 Å². The predicted molar refractivity (Wildman–Crippen MR) is 87.1 cm³/mol. The second-order valence-electron chi connectivity index (χ2n) is 6.56. The molecule has 120 valence electrons. The molecule has 2 N–H and O–H groups in total. The number of amides is 1. The van der Waals surface area contributed by atoms with Crippen molar-refractivity contribution < 1.29 is 9.53 Å². The fraction of sp³-hybridized carbons (Fsp3) is 0.867. The zero-order valence-corrected chi connectivity index (χ0v) is 14.0. The highest BCUT2D eigenvalue weighted by atomic mass is 32.1. The van der Waals surface area contributed by atoms with Crippen LogP contribution in [0.3, 0.4) is 0 Å². The summed E-state index contributed by atoms with van der Waals surface area (Å²) in [5.41, 5.74) is 5.26. The van der Waals surface area contributed by atoms with Crippen molar-refractivity contribution in [2.75, 3.05) is 46.9 Å². The standard InChI is InChI=1S/C15H27N3O2S/c1-17(2)11-12-3-7-18(8-4-12)14(19)15(13(16)21)5-9-20-10-6-15/h12H,3-11H2,1-2H3,(H2,16,21). The largest absolute Gasteiger partial charge is 0.392 e. The highest BCUT2D eigenvalue weighted by molar-refractivity contribution is 7.80. The molecule has 0 unspecified atom stereocenters. The molecule has 2 rings (SSSR count). The molecule has 0 radical (unpaired) electrons. The number of carbonyl (C=O) groups is 1. The summed E-state index contributed by atoms with van der Waals surface area (Å²) in [6.07, 6.45) is 3.37. The third kappa shape index (κ3) is 3.73. The number of thiocarbonyl (C=S) groups is 1. The zero-order chi connectivity index (χ0) is 15.5. The molecule has 0 atom stereocenters. The lowest BCUT2D eigenvalue weighted by atomic mass is 9.78. The van der Waals surface area contributed by atoms with E-state index in [1.807, 2.05) is 4.90 Å². The van der Waals surface area contributed by atoms with Gasteiger partial charge in [-0.05, 0) is 45.7 Å². The number of hydrogen-bond acceptors (Lipinski definition) is 4. The molecule has 0 spiro atoms. The van der Waals surface area contributed by atoms with Crippen molar-refractivity contribution in [1.29, 1.82) is 0 Å². The summed E-state index contributed by atoms with van der Waals surface area (Å²) in [6, 6.07) is 0. The summed E-state index contributed by atoms with van der Waals surface area (Å²) in [7, 11) is 4.20. The van der Waals surface area contributed by atoms with Crippen LogP contribution in [0.4, 0.5) is 0 Å². The number of likely N-dealkylation sites (tertiary alicyclic amines) is 1. The maximum Gasteiger partial charge on any atom is 0.235 e. The van der Waals surface area contributed by atoms with Crippen molar-refractivity contribution in [2.45, 2.75) is 25.7 Å². The Bertz CT molecular complexity index is 386. The van der Waals surface area contributed by atoms with Gasteiger partial charge in [-0.25, -0.2) is 0 Å². The summed E-state index contributed by atoms with van der Waals surface area (Å²) in [5, 5.41) is 0. The van der Waals surface area contributed by atoms with E-state index in [0.717, 1.165) is 32.5 Å². The minimum absolute atomic E-state index is 0.126. The minimum atomic E-state index is -0.665. The molecule has 2 aliphatic rings. The van der Waals surface area contributed by atoms with Crippen LogP contribution in [0.5, 0.6) is 0 Å². The van der Waals surface area contributed by atoms with E-state index in [2.05, 4.69) is 19.0 Å². The molecular weight excluding hydrogens is 286 g/mol. The number of nitrogens with zero attached hydrogens (tertiary/aromatic N) is 2. The van der Waals surface area contributed by atoms with Gasteiger partial charge in [0.25, 0.3) is 0 Å². The van der Waals surface area contributed by atoms with Crippen LogP contribution in [0.2, 0.25) is 0 Å². The molecule has 6 heteroatoms. The average Bonchev–Trinajstić information content (AvgIpc) is 2.47. The number of rotatable bonds is 4. The van der Waals surface area contributed by atoms with Crippen LogP contribution in [0.15, 0.2) is 0 Å². The second kappa shape index (κ2) is 7.03. The van der Waals surface area contributed by atoms with Gasteiger partial charge in [0.05, 0.1) is 4.99 Å². The van der Waals surface area contributed by atoms with Crippen molar-refractivity contribution in [3.63, 3.8) is 0 Å². The van der Waals surface area contributed by atoms with Gasteiger partial charge in [0.15, 0.2) is 0 Å². The van der Waals surface area contributed by atoms with Crippen LogP contribution >= 0.6 is 12.2 Å². The monoisotopic (exact) mass is 313 g/mol. The fourth-order valence-corrected chi connectivity index (χ4v) is 3.71. The van der Waals surface area contributed by atoms with E-state index in [-0.39, 0.29) is 5.91 Å². The normalized spacial score (nSPS) is 23.3. The molecule has 0 aliphatic carbocycles. The Morgan fingerprint density at radius 2 is 1.90 bits per heavy atom. The van der Waals surface area contributed by atoms with E-state index in [4.69, 9.17) is 22.7 Å². The van der Waals surface area contributed by atoms with Gasteiger partial charge in [-0.15, -0.1) is 0 Å². The molecule has 0 aromatic heterocycles. The van der Waals surface area contributed by atoms with Crippen LogP contribution in [-0.2, 0) is 9.53 Å². The highest BCUT2D eigenvalue weighted by Crippen LogP contribution is 2.34. The van der Waals surface area contributed by atoms with Crippen molar-refractivity contribution in [2.24, 2.45) is 17.1 Å². The molecule has 2 heterocycles. The van der Waals surface area contributed by atoms with Crippen LogP contribution < -0.4 is 5.73 Å².